The van der Waals surface area contributed by atoms with Crippen molar-refractivity contribution >= 4 is 11.6 Å². The lowest BCUT2D eigenvalue weighted by atomic mass is 10.0. The Morgan fingerprint density at radius 1 is 1.13 bits per heavy atom. The molecule has 15 heavy (non-hydrogen) atoms. The summed E-state index contributed by atoms with van der Waals surface area (Å²) in [6.45, 7) is 8.08. The van der Waals surface area contributed by atoms with Crippen molar-refractivity contribution in [3.63, 3.8) is 0 Å². The lowest BCUT2D eigenvalue weighted by Crippen LogP contribution is -2.17. The van der Waals surface area contributed by atoms with Crippen molar-refractivity contribution in [1.82, 2.24) is 0 Å². The van der Waals surface area contributed by atoms with Gasteiger partial charge < -0.3 is 5.32 Å². The van der Waals surface area contributed by atoms with E-state index >= 15 is 0 Å². The zero-order valence-electron chi connectivity index (χ0n) is 9.87. The molecule has 1 aromatic carbocycles. The quantitative estimate of drug-likeness (QED) is 0.805. The monoisotopic (exact) mass is 207 g/mol. The highest BCUT2D eigenvalue weighted by Crippen LogP contribution is 2.17. The summed E-state index contributed by atoms with van der Waals surface area (Å²) in [5, 5.41) is 2.87. The van der Waals surface area contributed by atoms with Crippen molar-refractivity contribution < 1.29 is 6.22 Å². The van der Waals surface area contributed by atoms with Crippen LogP contribution in [0.3, 0.4) is 0 Å². The Hall–Kier alpha value is -1.31. The highest BCUT2D eigenvalue weighted by atomic mass is 16.1. The number of hydrogen-bond donors (Lipinski definition) is 1. The lowest BCUT2D eigenvalue weighted by molar-refractivity contribution is -0.118. The van der Waals surface area contributed by atoms with E-state index in [1.165, 1.54) is 5.56 Å². The molecule has 1 aromatic rings. The minimum absolute atomic E-state index is 0. The molecule has 0 heterocycles. The van der Waals surface area contributed by atoms with E-state index in [1.54, 1.807) is 0 Å². The predicted molar refractivity (Wildman–Crippen MR) is 66.1 cm³/mol. The smallest absolute Gasteiger partial charge is 0.226 e. The Kier molecular flexibility index (Phi) is 3.89. The number of benzene rings is 1. The first kappa shape index (κ1) is 11.8. The predicted octanol–water partition coefficient (Wildman–Crippen LogP) is 3.65. The van der Waals surface area contributed by atoms with Gasteiger partial charge in [0.05, 0.1) is 0 Å². The third-order valence-corrected chi connectivity index (χ3v) is 2.37. The first-order chi connectivity index (χ1) is 7.00. The zero-order valence-corrected chi connectivity index (χ0v) is 9.87. The minimum Gasteiger partial charge on any atom is -0.326 e. The summed E-state index contributed by atoms with van der Waals surface area (Å²) in [7, 11) is 0. The molecule has 84 valence electrons. The number of carbonyl (C=O) groups is 1. The van der Waals surface area contributed by atoms with Gasteiger partial charge in [-0.15, -0.1) is 0 Å². The standard InChI is InChI=1S/C13H19NO.H2/c1-9(2)11-5-7-12(8-6-11)14-13(15)10(3)4;/h5-10H,1-4H3,(H,14,15);1H. The zero-order chi connectivity index (χ0) is 11.4. The average molecular weight is 207 g/mol. The van der Waals surface area contributed by atoms with Crippen LogP contribution in [0.5, 0.6) is 0 Å². The van der Waals surface area contributed by atoms with Crippen molar-refractivity contribution in [2.75, 3.05) is 5.32 Å². The molecule has 0 aliphatic heterocycles. The Bertz CT molecular complexity index is 330. The molecule has 0 fully saturated rings. The van der Waals surface area contributed by atoms with Crippen molar-refractivity contribution in [3.05, 3.63) is 29.8 Å². The molecule has 0 unspecified atom stereocenters. The van der Waals surface area contributed by atoms with E-state index in [0.29, 0.717) is 5.92 Å². The molecule has 2 heteroatoms. The number of anilines is 1. The van der Waals surface area contributed by atoms with Crippen LogP contribution in [0.2, 0.25) is 0 Å². The third-order valence-electron chi connectivity index (χ3n) is 2.37. The van der Waals surface area contributed by atoms with Crippen molar-refractivity contribution in [3.8, 4) is 0 Å². The second-order valence-corrected chi connectivity index (χ2v) is 4.42. The van der Waals surface area contributed by atoms with Crippen molar-refractivity contribution in [1.29, 1.82) is 0 Å². The molecule has 0 atom stereocenters. The number of carbonyl (C=O) groups excluding carboxylic acids is 1. The topological polar surface area (TPSA) is 29.1 Å². The fourth-order valence-corrected chi connectivity index (χ4v) is 1.24. The van der Waals surface area contributed by atoms with Crippen LogP contribution in [0.15, 0.2) is 24.3 Å². The molecule has 0 spiro atoms. The molecule has 0 aromatic heterocycles. The van der Waals surface area contributed by atoms with E-state index in [2.05, 4.69) is 31.3 Å². The molecule has 1 amide bonds. The number of amides is 1. The van der Waals surface area contributed by atoms with Crippen LogP contribution >= 0.6 is 0 Å². The van der Waals surface area contributed by atoms with Gasteiger partial charge in [0.1, 0.15) is 0 Å². The van der Waals surface area contributed by atoms with Crippen molar-refractivity contribution in [2.45, 2.75) is 33.6 Å². The fourth-order valence-electron chi connectivity index (χ4n) is 1.24. The summed E-state index contributed by atoms with van der Waals surface area (Å²) in [5.74, 6) is 0.613. The first-order valence-electron chi connectivity index (χ1n) is 5.41. The van der Waals surface area contributed by atoms with Gasteiger partial charge in [-0.25, -0.2) is 0 Å². The van der Waals surface area contributed by atoms with Gasteiger partial charge in [0, 0.05) is 13.0 Å². The second-order valence-electron chi connectivity index (χ2n) is 4.42. The molecule has 2 nitrogen and oxygen atoms in total. The van der Waals surface area contributed by atoms with Gasteiger partial charge >= 0.3 is 0 Å². The Balaban J connectivity index is 0.00000225. The van der Waals surface area contributed by atoms with Crippen LogP contribution in [0, 0.1) is 5.92 Å². The molecule has 0 radical (unpaired) electrons. The van der Waals surface area contributed by atoms with Gasteiger partial charge in [-0.2, -0.15) is 0 Å². The van der Waals surface area contributed by atoms with Gasteiger partial charge in [-0.1, -0.05) is 39.8 Å². The lowest BCUT2D eigenvalue weighted by Gasteiger charge is -2.09. The van der Waals surface area contributed by atoms with E-state index in [0.717, 1.165) is 5.69 Å². The molecule has 1 rings (SSSR count). The Labute approximate surface area is 93.2 Å². The van der Waals surface area contributed by atoms with E-state index in [1.807, 2.05) is 26.0 Å². The Morgan fingerprint density at radius 3 is 2.07 bits per heavy atom. The molecule has 0 saturated heterocycles. The van der Waals surface area contributed by atoms with E-state index in [4.69, 9.17) is 0 Å². The molecular formula is C13H21NO. The summed E-state index contributed by atoms with van der Waals surface area (Å²) in [6.07, 6.45) is 0. The molecule has 0 bridgehead atoms. The van der Waals surface area contributed by atoms with Gasteiger partial charge in [0.15, 0.2) is 0 Å². The van der Waals surface area contributed by atoms with E-state index in [9.17, 15) is 4.79 Å². The molecule has 0 saturated carbocycles. The van der Waals surface area contributed by atoms with Crippen LogP contribution in [0.4, 0.5) is 5.69 Å². The molecular weight excluding hydrogens is 186 g/mol. The maximum Gasteiger partial charge on any atom is 0.226 e. The number of nitrogens with one attached hydrogen (secondary N) is 1. The Morgan fingerprint density at radius 2 is 1.67 bits per heavy atom. The number of hydrogen-bond acceptors (Lipinski definition) is 1. The van der Waals surface area contributed by atoms with Crippen LogP contribution in [-0.2, 0) is 4.79 Å². The fraction of sp³-hybridized carbons (Fsp3) is 0.462. The maximum atomic E-state index is 11.4. The first-order valence-corrected chi connectivity index (χ1v) is 5.41. The highest BCUT2D eigenvalue weighted by Gasteiger charge is 2.06. The minimum atomic E-state index is 0. The average Bonchev–Trinajstić information content (AvgIpc) is 2.18. The normalized spacial score (nSPS) is 10.8. The van der Waals surface area contributed by atoms with Crippen LogP contribution in [-0.4, -0.2) is 5.91 Å². The van der Waals surface area contributed by atoms with Gasteiger partial charge in [-0.05, 0) is 23.6 Å². The van der Waals surface area contributed by atoms with Gasteiger partial charge in [-0.3, -0.25) is 4.79 Å². The molecule has 0 aliphatic carbocycles. The SMILES string of the molecule is CC(C)C(=O)Nc1ccc(C(C)C)cc1.[HH]. The summed E-state index contributed by atoms with van der Waals surface area (Å²) in [4.78, 5) is 11.4. The molecule has 1 N–H and O–H groups in total. The van der Waals surface area contributed by atoms with Gasteiger partial charge in [0.25, 0.3) is 0 Å². The van der Waals surface area contributed by atoms with E-state index in [-0.39, 0.29) is 13.3 Å². The molecule has 0 aliphatic rings. The van der Waals surface area contributed by atoms with Crippen LogP contribution in [0.25, 0.3) is 0 Å². The summed E-state index contributed by atoms with van der Waals surface area (Å²) >= 11 is 0. The van der Waals surface area contributed by atoms with Crippen LogP contribution in [0.1, 0.15) is 40.6 Å². The summed E-state index contributed by atoms with van der Waals surface area (Å²) < 4.78 is 0. The van der Waals surface area contributed by atoms with E-state index < -0.39 is 0 Å². The summed E-state index contributed by atoms with van der Waals surface area (Å²) in [6, 6.07) is 8.02. The second kappa shape index (κ2) is 4.96. The highest BCUT2D eigenvalue weighted by molar-refractivity contribution is 5.92. The largest absolute Gasteiger partial charge is 0.326 e. The maximum absolute atomic E-state index is 11.4. The van der Waals surface area contributed by atoms with Crippen LogP contribution < -0.4 is 5.32 Å². The summed E-state index contributed by atoms with van der Waals surface area (Å²) in [5.41, 5.74) is 2.16. The van der Waals surface area contributed by atoms with Gasteiger partial charge in [0.2, 0.25) is 5.91 Å². The third kappa shape index (κ3) is 3.39. The van der Waals surface area contributed by atoms with Crippen molar-refractivity contribution in [2.24, 2.45) is 5.92 Å². The number of rotatable bonds is 3.